The van der Waals surface area contributed by atoms with Gasteiger partial charge in [0.05, 0.1) is 13.2 Å². The summed E-state index contributed by atoms with van der Waals surface area (Å²) in [6.07, 6.45) is -4.67. The van der Waals surface area contributed by atoms with E-state index in [-0.39, 0.29) is 13.0 Å². The molecule has 0 saturated carbocycles. The lowest BCUT2D eigenvalue weighted by Crippen LogP contribution is -2.74. The molecule has 0 spiro atoms. The fourth-order valence-electron chi connectivity index (χ4n) is 3.61. The highest BCUT2D eigenvalue weighted by Gasteiger charge is 2.61. The molecule has 1 aliphatic rings. The Balaban J connectivity index is 1.94. The Kier molecular flexibility index (Phi) is 7.10. The van der Waals surface area contributed by atoms with E-state index in [1.165, 1.54) is 0 Å². The quantitative estimate of drug-likeness (QED) is 0.332. The highest BCUT2D eigenvalue weighted by atomic mass is 16.7. The molecule has 1 aliphatic heterocycles. The minimum Gasteiger partial charge on any atom is -0.462 e. The van der Waals surface area contributed by atoms with E-state index >= 15 is 0 Å². The molecule has 0 aliphatic carbocycles. The minimum absolute atomic E-state index is 0.0133. The van der Waals surface area contributed by atoms with Crippen LogP contribution in [0.15, 0.2) is 54.6 Å². The number of hydrogen-bond donors (Lipinski definition) is 6. The Hall–Kier alpha value is -2.04. The summed E-state index contributed by atoms with van der Waals surface area (Å²) in [5.41, 5.74) is -2.45. The zero-order valence-electron chi connectivity index (χ0n) is 16.5. The second-order valence-corrected chi connectivity index (χ2v) is 7.61. The van der Waals surface area contributed by atoms with Crippen LogP contribution in [-0.4, -0.2) is 80.2 Å². The molecule has 2 aromatic rings. The van der Waals surface area contributed by atoms with Crippen LogP contribution in [0.1, 0.15) is 11.1 Å². The van der Waals surface area contributed by atoms with Gasteiger partial charge in [-0.05, 0) is 29.7 Å². The Morgan fingerprint density at radius 1 is 0.833 bits per heavy atom. The van der Waals surface area contributed by atoms with Crippen molar-refractivity contribution < 1.29 is 40.1 Å². The fraction of sp³-hybridized carbons (Fsp3) is 0.455. The van der Waals surface area contributed by atoms with E-state index in [2.05, 4.69) is 0 Å². The summed E-state index contributed by atoms with van der Waals surface area (Å²) in [6.45, 7) is -1.57. The second kappa shape index (κ2) is 9.40. The molecule has 0 aromatic heterocycles. The molecule has 0 unspecified atom stereocenters. The lowest BCUT2D eigenvalue weighted by Gasteiger charge is -2.52. The smallest absolute Gasteiger partial charge is 0.232 e. The molecule has 8 nitrogen and oxygen atoms in total. The lowest BCUT2D eigenvalue weighted by molar-refractivity contribution is -0.359. The van der Waals surface area contributed by atoms with Crippen molar-refractivity contribution in [1.82, 2.24) is 0 Å². The van der Waals surface area contributed by atoms with E-state index in [1.54, 1.807) is 54.6 Å². The van der Waals surface area contributed by atoms with Crippen molar-refractivity contribution in [3.8, 4) is 5.75 Å². The molecule has 6 N–H and O–H groups in total. The van der Waals surface area contributed by atoms with Crippen LogP contribution < -0.4 is 4.74 Å². The second-order valence-electron chi connectivity index (χ2n) is 7.61. The van der Waals surface area contributed by atoms with Crippen molar-refractivity contribution in [3.05, 3.63) is 65.7 Å². The molecule has 30 heavy (non-hydrogen) atoms. The number of benzene rings is 2. The summed E-state index contributed by atoms with van der Waals surface area (Å²) in [5.74, 6) is 0.340. The Bertz CT molecular complexity index is 793. The van der Waals surface area contributed by atoms with Gasteiger partial charge in [0.2, 0.25) is 6.29 Å². The molecule has 1 saturated heterocycles. The predicted molar refractivity (Wildman–Crippen MR) is 107 cm³/mol. The molecule has 1 heterocycles. The van der Waals surface area contributed by atoms with Gasteiger partial charge in [-0.1, -0.05) is 42.5 Å². The van der Waals surface area contributed by atoms with Crippen LogP contribution in [-0.2, 0) is 17.6 Å². The van der Waals surface area contributed by atoms with Crippen molar-refractivity contribution in [1.29, 1.82) is 0 Å². The number of para-hydroxylation sites is 1. The van der Waals surface area contributed by atoms with E-state index in [4.69, 9.17) is 14.6 Å². The summed E-state index contributed by atoms with van der Waals surface area (Å²) in [4.78, 5) is 0. The molecule has 3 rings (SSSR count). The van der Waals surface area contributed by atoms with Gasteiger partial charge in [0.25, 0.3) is 0 Å². The summed E-state index contributed by atoms with van der Waals surface area (Å²) in [6, 6.07) is 15.5. The van der Waals surface area contributed by atoms with E-state index in [0.717, 1.165) is 5.56 Å². The highest BCUT2D eigenvalue weighted by Crippen LogP contribution is 2.39. The van der Waals surface area contributed by atoms with Crippen molar-refractivity contribution in [3.63, 3.8) is 0 Å². The average molecular weight is 420 g/mol. The van der Waals surface area contributed by atoms with Crippen LogP contribution in [0.2, 0.25) is 0 Å². The zero-order valence-corrected chi connectivity index (χ0v) is 16.5. The van der Waals surface area contributed by atoms with E-state index in [1.807, 2.05) is 0 Å². The summed E-state index contributed by atoms with van der Waals surface area (Å²) in [7, 11) is 0. The summed E-state index contributed by atoms with van der Waals surface area (Å²) < 4.78 is 11.5. The number of aliphatic hydroxyl groups excluding tert-OH is 5. The van der Waals surface area contributed by atoms with Crippen molar-refractivity contribution in [2.24, 2.45) is 0 Å². The van der Waals surface area contributed by atoms with Gasteiger partial charge in [-0.15, -0.1) is 0 Å². The predicted octanol–water partition coefficient (Wildman–Crippen LogP) is -0.625. The molecule has 0 bridgehead atoms. The van der Waals surface area contributed by atoms with Gasteiger partial charge in [-0.25, -0.2) is 0 Å². The Morgan fingerprint density at radius 3 is 2.00 bits per heavy atom. The maximum absolute atomic E-state index is 11.4. The molecular formula is C22H28O8. The summed E-state index contributed by atoms with van der Waals surface area (Å²) >= 11 is 0. The standard InChI is InChI=1S/C22H28O8/c23-11-10-15-6-8-16(9-7-15)12-22(28)19(27)18(26)21(13-24,14-25)30-20(22)29-17-4-2-1-3-5-17/h1-9,18-20,23-28H,10-14H2/t18-,19-,20+,22+/m1/s1. The first-order chi connectivity index (χ1) is 14.4. The van der Waals surface area contributed by atoms with Gasteiger partial charge in [0.15, 0.2) is 5.60 Å². The number of ether oxygens (including phenoxy) is 2. The molecule has 2 aromatic carbocycles. The van der Waals surface area contributed by atoms with Crippen LogP contribution in [0.4, 0.5) is 0 Å². The van der Waals surface area contributed by atoms with Crippen LogP contribution >= 0.6 is 0 Å². The summed E-state index contributed by atoms with van der Waals surface area (Å²) in [5, 5.41) is 61.3. The third-order valence-electron chi connectivity index (χ3n) is 5.53. The molecule has 1 fully saturated rings. The molecule has 0 amide bonds. The lowest BCUT2D eigenvalue weighted by atomic mass is 9.77. The first-order valence-corrected chi connectivity index (χ1v) is 9.77. The van der Waals surface area contributed by atoms with E-state index in [0.29, 0.717) is 17.7 Å². The topological polar surface area (TPSA) is 140 Å². The van der Waals surface area contributed by atoms with E-state index < -0.39 is 42.9 Å². The number of rotatable bonds is 8. The molecule has 4 atom stereocenters. The fourth-order valence-corrected chi connectivity index (χ4v) is 3.61. The number of aliphatic hydroxyl groups is 6. The third-order valence-corrected chi connectivity index (χ3v) is 5.53. The molecule has 8 heteroatoms. The normalized spacial score (nSPS) is 28.3. The Labute approximate surface area is 174 Å². The van der Waals surface area contributed by atoms with Crippen LogP contribution in [0.5, 0.6) is 5.75 Å². The largest absolute Gasteiger partial charge is 0.462 e. The first kappa shape index (κ1) is 22.6. The van der Waals surface area contributed by atoms with Crippen molar-refractivity contribution >= 4 is 0 Å². The molecular weight excluding hydrogens is 392 g/mol. The monoisotopic (exact) mass is 420 g/mol. The maximum atomic E-state index is 11.4. The zero-order chi connectivity index (χ0) is 21.8. The molecule has 164 valence electrons. The van der Waals surface area contributed by atoms with Crippen LogP contribution in [0.3, 0.4) is 0 Å². The van der Waals surface area contributed by atoms with Crippen molar-refractivity contribution in [2.75, 3.05) is 19.8 Å². The minimum atomic E-state index is -2.08. The van der Waals surface area contributed by atoms with E-state index in [9.17, 15) is 25.5 Å². The van der Waals surface area contributed by atoms with Gasteiger partial charge in [0, 0.05) is 13.0 Å². The van der Waals surface area contributed by atoms with Crippen LogP contribution in [0, 0.1) is 0 Å². The number of hydrogen-bond acceptors (Lipinski definition) is 8. The van der Waals surface area contributed by atoms with Gasteiger partial charge in [-0.2, -0.15) is 0 Å². The SMILES string of the molecule is OCCc1ccc(C[C@@]2(O)[C@@H](Oc3ccccc3)OC(CO)(CO)[C@H](O)[C@H]2O)cc1. The van der Waals surface area contributed by atoms with Crippen LogP contribution in [0.25, 0.3) is 0 Å². The average Bonchev–Trinajstić information content (AvgIpc) is 2.77. The maximum Gasteiger partial charge on any atom is 0.232 e. The van der Waals surface area contributed by atoms with Gasteiger partial charge < -0.3 is 40.1 Å². The first-order valence-electron chi connectivity index (χ1n) is 9.77. The highest BCUT2D eigenvalue weighted by molar-refractivity contribution is 5.27. The van der Waals surface area contributed by atoms with Crippen molar-refractivity contribution in [2.45, 2.75) is 42.5 Å². The molecule has 0 radical (unpaired) electrons. The van der Waals surface area contributed by atoms with Gasteiger partial charge in [-0.3, -0.25) is 0 Å². The third kappa shape index (κ3) is 4.35. The van der Waals surface area contributed by atoms with Gasteiger partial charge >= 0.3 is 0 Å². The Morgan fingerprint density at radius 2 is 1.43 bits per heavy atom. The van der Waals surface area contributed by atoms with Gasteiger partial charge in [0.1, 0.15) is 23.6 Å².